The van der Waals surface area contributed by atoms with Crippen LogP contribution in [0, 0.1) is 6.92 Å². The van der Waals surface area contributed by atoms with Crippen molar-refractivity contribution >= 4 is 22.4 Å². The van der Waals surface area contributed by atoms with Gasteiger partial charge in [-0.2, -0.15) is 0 Å². The van der Waals surface area contributed by atoms with Crippen molar-refractivity contribution in [1.29, 1.82) is 0 Å². The Hall–Kier alpha value is -3.64. The Balaban J connectivity index is 1.35. The van der Waals surface area contributed by atoms with Gasteiger partial charge in [-0.15, -0.1) is 11.3 Å². The lowest BCUT2D eigenvalue weighted by molar-refractivity contribution is 0.102. The molecule has 0 atom stereocenters. The summed E-state index contributed by atoms with van der Waals surface area (Å²) < 4.78 is 10.9. The quantitative estimate of drug-likeness (QED) is 0.385. The second-order valence-corrected chi connectivity index (χ2v) is 8.17. The average molecular weight is 431 g/mol. The molecule has 0 radical (unpaired) electrons. The van der Waals surface area contributed by atoms with Gasteiger partial charge < -0.3 is 9.47 Å². The molecule has 0 aliphatic carbocycles. The molecule has 0 spiro atoms. The third-order valence-corrected chi connectivity index (χ3v) is 5.60. The first-order valence-corrected chi connectivity index (χ1v) is 10.6. The summed E-state index contributed by atoms with van der Waals surface area (Å²) >= 11 is 1.48. The van der Waals surface area contributed by atoms with Crippen molar-refractivity contribution in [2.45, 2.75) is 13.3 Å². The number of benzene rings is 3. The van der Waals surface area contributed by atoms with E-state index in [9.17, 15) is 4.79 Å². The molecule has 1 N–H and O–H groups in total. The van der Waals surface area contributed by atoms with Gasteiger partial charge in [0.1, 0.15) is 17.2 Å². The molecule has 4 aromatic rings. The van der Waals surface area contributed by atoms with Crippen LogP contribution in [0.5, 0.6) is 17.2 Å². The Labute approximate surface area is 185 Å². The summed E-state index contributed by atoms with van der Waals surface area (Å²) in [5.74, 6) is 1.91. The van der Waals surface area contributed by atoms with Crippen molar-refractivity contribution in [2.75, 3.05) is 12.4 Å². The van der Waals surface area contributed by atoms with Crippen molar-refractivity contribution in [2.24, 2.45) is 0 Å². The van der Waals surface area contributed by atoms with Gasteiger partial charge in [0, 0.05) is 23.1 Å². The molecule has 3 aromatic carbocycles. The number of aryl methyl sites for hydroxylation is 1. The van der Waals surface area contributed by atoms with Crippen molar-refractivity contribution in [3.63, 3.8) is 0 Å². The Morgan fingerprint density at radius 1 is 0.903 bits per heavy atom. The number of methoxy groups -OCH3 is 1. The number of thiazole rings is 1. The highest BCUT2D eigenvalue weighted by atomic mass is 32.1. The maximum Gasteiger partial charge on any atom is 0.257 e. The van der Waals surface area contributed by atoms with Gasteiger partial charge >= 0.3 is 0 Å². The molecule has 5 nitrogen and oxygen atoms in total. The molecule has 0 fully saturated rings. The van der Waals surface area contributed by atoms with Crippen molar-refractivity contribution in [3.8, 4) is 17.2 Å². The first-order valence-electron chi connectivity index (χ1n) is 9.82. The molecular weight excluding hydrogens is 408 g/mol. The molecule has 0 aliphatic rings. The largest absolute Gasteiger partial charge is 0.497 e. The highest BCUT2D eigenvalue weighted by Gasteiger charge is 2.10. The van der Waals surface area contributed by atoms with Crippen molar-refractivity contribution in [3.05, 3.63) is 101 Å². The Morgan fingerprint density at radius 2 is 1.52 bits per heavy atom. The molecular formula is C25H22N2O3S. The lowest BCUT2D eigenvalue weighted by Crippen LogP contribution is -2.11. The standard InChI is InChI=1S/C25H22N2O3S/c1-17-3-5-18(6-4-17)15-23-16-26-25(31-23)27-24(28)19-7-9-21(10-8-19)30-22-13-11-20(29-2)12-14-22/h3-14,16H,15H2,1-2H3,(H,26,27,28). The molecule has 4 rings (SSSR count). The zero-order valence-corrected chi connectivity index (χ0v) is 18.1. The fraction of sp³-hybridized carbons (Fsp3) is 0.120. The van der Waals surface area contributed by atoms with E-state index in [-0.39, 0.29) is 5.91 Å². The third kappa shape index (κ3) is 5.49. The Bertz CT molecular complexity index is 1150. The number of hydrogen-bond acceptors (Lipinski definition) is 5. The van der Waals surface area contributed by atoms with Crippen LogP contribution in [-0.4, -0.2) is 18.0 Å². The van der Waals surface area contributed by atoms with E-state index in [0.717, 1.165) is 17.0 Å². The lowest BCUT2D eigenvalue weighted by atomic mass is 10.1. The number of anilines is 1. The normalized spacial score (nSPS) is 10.5. The number of amides is 1. The molecule has 0 aliphatic heterocycles. The van der Waals surface area contributed by atoms with E-state index in [1.165, 1.54) is 22.5 Å². The SMILES string of the molecule is COc1ccc(Oc2ccc(C(=O)Nc3ncc(Cc4ccc(C)cc4)s3)cc2)cc1. The van der Waals surface area contributed by atoms with Crippen LogP contribution >= 0.6 is 11.3 Å². The minimum Gasteiger partial charge on any atom is -0.497 e. The summed E-state index contributed by atoms with van der Waals surface area (Å²) in [6.45, 7) is 2.07. The van der Waals surface area contributed by atoms with E-state index in [0.29, 0.717) is 22.2 Å². The summed E-state index contributed by atoms with van der Waals surface area (Å²) in [6.07, 6.45) is 2.61. The number of nitrogens with one attached hydrogen (secondary N) is 1. The maximum atomic E-state index is 12.6. The highest BCUT2D eigenvalue weighted by Crippen LogP contribution is 2.25. The molecule has 6 heteroatoms. The van der Waals surface area contributed by atoms with Gasteiger partial charge in [-0.05, 0) is 61.0 Å². The third-order valence-electron chi connectivity index (χ3n) is 4.68. The number of carbonyl (C=O) groups is 1. The van der Waals surface area contributed by atoms with Gasteiger partial charge in [-0.25, -0.2) is 4.98 Å². The molecule has 1 amide bonds. The monoisotopic (exact) mass is 430 g/mol. The number of ether oxygens (including phenoxy) is 2. The van der Waals surface area contributed by atoms with Crippen molar-refractivity contribution < 1.29 is 14.3 Å². The number of hydrogen-bond donors (Lipinski definition) is 1. The van der Waals surface area contributed by atoms with Crippen LogP contribution in [0.25, 0.3) is 0 Å². The van der Waals surface area contributed by atoms with Gasteiger partial charge in [0.05, 0.1) is 7.11 Å². The average Bonchev–Trinajstić information content (AvgIpc) is 3.23. The molecule has 31 heavy (non-hydrogen) atoms. The number of aromatic nitrogens is 1. The summed E-state index contributed by atoms with van der Waals surface area (Å²) in [5, 5.41) is 3.46. The van der Waals surface area contributed by atoms with Crippen LogP contribution in [0.4, 0.5) is 5.13 Å². The highest BCUT2D eigenvalue weighted by molar-refractivity contribution is 7.15. The fourth-order valence-electron chi connectivity index (χ4n) is 2.98. The molecule has 1 aromatic heterocycles. The van der Waals surface area contributed by atoms with Crippen LogP contribution in [-0.2, 0) is 6.42 Å². The number of carbonyl (C=O) groups excluding carboxylic acids is 1. The number of rotatable bonds is 7. The van der Waals surface area contributed by atoms with E-state index in [2.05, 4.69) is 41.5 Å². The van der Waals surface area contributed by atoms with Crippen LogP contribution in [0.3, 0.4) is 0 Å². The summed E-state index contributed by atoms with van der Waals surface area (Å²) in [4.78, 5) is 18.0. The molecule has 1 heterocycles. The summed E-state index contributed by atoms with van der Waals surface area (Å²) in [7, 11) is 1.62. The molecule has 0 bridgehead atoms. The van der Waals surface area contributed by atoms with Gasteiger partial charge in [0.2, 0.25) is 0 Å². The van der Waals surface area contributed by atoms with E-state index < -0.39 is 0 Å². The van der Waals surface area contributed by atoms with E-state index in [1.54, 1.807) is 31.4 Å². The maximum absolute atomic E-state index is 12.6. The van der Waals surface area contributed by atoms with Crippen LogP contribution in [0.15, 0.2) is 79.0 Å². The van der Waals surface area contributed by atoms with Gasteiger partial charge in [-0.3, -0.25) is 10.1 Å². The summed E-state index contributed by atoms with van der Waals surface area (Å²) in [5.41, 5.74) is 3.00. The second-order valence-electron chi connectivity index (χ2n) is 7.05. The minimum atomic E-state index is -0.202. The van der Waals surface area contributed by atoms with E-state index in [4.69, 9.17) is 9.47 Å². The summed E-state index contributed by atoms with van der Waals surface area (Å²) in [6, 6.07) is 22.7. The topological polar surface area (TPSA) is 60.5 Å². The second kappa shape index (κ2) is 9.45. The van der Waals surface area contributed by atoms with Gasteiger partial charge in [-0.1, -0.05) is 29.8 Å². The fourth-order valence-corrected chi connectivity index (χ4v) is 3.82. The van der Waals surface area contributed by atoms with Crippen LogP contribution in [0.1, 0.15) is 26.4 Å². The Kier molecular flexibility index (Phi) is 6.29. The first-order chi connectivity index (χ1) is 15.1. The van der Waals surface area contributed by atoms with Crippen LogP contribution < -0.4 is 14.8 Å². The van der Waals surface area contributed by atoms with E-state index in [1.807, 2.05) is 30.5 Å². The minimum absolute atomic E-state index is 0.202. The van der Waals surface area contributed by atoms with Gasteiger partial charge in [0.25, 0.3) is 5.91 Å². The number of nitrogens with zero attached hydrogens (tertiary/aromatic N) is 1. The molecule has 0 saturated heterocycles. The molecule has 156 valence electrons. The predicted molar refractivity (Wildman–Crippen MR) is 124 cm³/mol. The molecule has 0 saturated carbocycles. The lowest BCUT2D eigenvalue weighted by Gasteiger charge is -2.07. The van der Waals surface area contributed by atoms with E-state index >= 15 is 0 Å². The Morgan fingerprint density at radius 3 is 2.16 bits per heavy atom. The smallest absolute Gasteiger partial charge is 0.257 e. The zero-order valence-electron chi connectivity index (χ0n) is 17.3. The van der Waals surface area contributed by atoms with Crippen LogP contribution in [0.2, 0.25) is 0 Å². The zero-order chi connectivity index (χ0) is 21.6. The van der Waals surface area contributed by atoms with Crippen molar-refractivity contribution in [1.82, 2.24) is 4.98 Å². The predicted octanol–water partition coefficient (Wildman–Crippen LogP) is 6.10. The van der Waals surface area contributed by atoms with Gasteiger partial charge in [0.15, 0.2) is 5.13 Å². The first kappa shape index (κ1) is 20.6. The molecule has 0 unspecified atom stereocenters.